The Morgan fingerprint density at radius 2 is 2.33 bits per heavy atom. The summed E-state index contributed by atoms with van der Waals surface area (Å²) in [6, 6.07) is 0.590. The third-order valence-electron chi connectivity index (χ3n) is 1.65. The van der Waals surface area contributed by atoms with Crippen LogP contribution in [-0.2, 0) is 0 Å². The molecule has 0 aliphatic carbocycles. The number of hydrogen-bond donors (Lipinski definition) is 1. The zero-order valence-electron chi connectivity index (χ0n) is 6.15. The van der Waals surface area contributed by atoms with E-state index in [0.717, 1.165) is 18.9 Å². The summed E-state index contributed by atoms with van der Waals surface area (Å²) in [6.45, 7) is 10.4. The molecule has 0 bridgehead atoms. The maximum atomic E-state index is 3.87. The molecule has 0 aromatic carbocycles. The minimum atomic E-state index is 0.590. The first-order chi connectivity index (χ1) is 4.22. The largest absolute Gasteiger partial charge is 0.370 e. The Morgan fingerprint density at radius 1 is 1.67 bits per heavy atom. The summed E-state index contributed by atoms with van der Waals surface area (Å²) in [5.41, 5.74) is 0. The summed E-state index contributed by atoms with van der Waals surface area (Å²) in [5, 5.41) is 3.18. The molecule has 1 saturated heterocycles. The maximum absolute atomic E-state index is 3.87. The molecule has 1 heterocycles. The van der Waals surface area contributed by atoms with Gasteiger partial charge in [-0.05, 0) is 13.8 Å². The second-order valence-electron chi connectivity index (χ2n) is 2.66. The predicted octanol–water partition coefficient (Wildman–Crippen LogP) is 0.771. The zero-order chi connectivity index (χ0) is 6.85. The highest BCUT2D eigenvalue weighted by Gasteiger charge is 2.15. The van der Waals surface area contributed by atoms with E-state index in [4.69, 9.17) is 0 Å². The standard InChI is InChI=1S/C7H14N2/c1-6(2)9-5-4-8-7(9)3/h6,8H,3-5H2,1-2H3. The van der Waals surface area contributed by atoms with Gasteiger partial charge >= 0.3 is 0 Å². The van der Waals surface area contributed by atoms with Crippen LogP contribution in [0.25, 0.3) is 0 Å². The van der Waals surface area contributed by atoms with Crippen molar-refractivity contribution in [2.24, 2.45) is 0 Å². The van der Waals surface area contributed by atoms with E-state index < -0.39 is 0 Å². The molecule has 1 fully saturated rings. The number of nitrogens with one attached hydrogen (secondary N) is 1. The first-order valence-electron chi connectivity index (χ1n) is 3.41. The lowest BCUT2D eigenvalue weighted by atomic mass is 10.3. The van der Waals surface area contributed by atoms with Crippen molar-refractivity contribution in [3.63, 3.8) is 0 Å². The van der Waals surface area contributed by atoms with Crippen molar-refractivity contribution in [1.29, 1.82) is 0 Å². The molecule has 1 aliphatic heterocycles. The molecule has 1 aliphatic rings. The van der Waals surface area contributed by atoms with Gasteiger partial charge in [-0.15, -0.1) is 0 Å². The van der Waals surface area contributed by atoms with Gasteiger partial charge in [0, 0.05) is 19.1 Å². The molecule has 1 N–H and O–H groups in total. The van der Waals surface area contributed by atoms with Gasteiger partial charge in [-0.1, -0.05) is 6.58 Å². The van der Waals surface area contributed by atoms with E-state index in [-0.39, 0.29) is 0 Å². The molecule has 2 heteroatoms. The first kappa shape index (κ1) is 6.46. The van der Waals surface area contributed by atoms with Crippen LogP contribution in [0.3, 0.4) is 0 Å². The van der Waals surface area contributed by atoms with Crippen molar-refractivity contribution < 1.29 is 0 Å². The van der Waals surface area contributed by atoms with Gasteiger partial charge in [0.25, 0.3) is 0 Å². The number of hydrogen-bond acceptors (Lipinski definition) is 2. The fourth-order valence-corrected chi connectivity index (χ4v) is 1.13. The highest BCUT2D eigenvalue weighted by atomic mass is 15.3. The van der Waals surface area contributed by atoms with Gasteiger partial charge in [-0.25, -0.2) is 0 Å². The molecule has 2 nitrogen and oxygen atoms in total. The van der Waals surface area contributed by atoms with E-state index in [2.05, 4.69) is 30.6 Å². The van der Waals surface area contributed by atoms with Crippen molar-refractivity contribution in [3.8, 4) is 0 Å². The van der Waals surface area contributed by atoms with Gasteiger partial charge in [0.15, 0.2) is 0 Å². The molecular weight excluding hydrogens is 112 g/mol. The van der Waals surface area contributed by atoms with E-state index in [1.807, 2.05) is 0 Å². The molecule has 0 aromatic heterocycles. The van der Waals surface area contributed by atoms with Crippen LogP contribution in [0.5, 0.6) is 0 Å². The normalized spacial score (nSPS) is 19.0. The fraction of sp³-hybridized carbons (Fsp3) is 0.714. The van der Waals surface area contributed by atoms with Crippen molar-refractivity contribution >= 4 is 0 Å². The van der Waals surface area contributed by atoms with Crippen molar-refractivity contribution in [2.75, 3.05) is 13.1 Å². The number of rotatable bonds is 1. The molecule has 0 radical (unpaired) electrons. The van der Waals surface area contributed by atoms with Gasteiger partial charge in [0.1, 0.15) is 0 Å². The highest BCUT2D eigenvalue weighted by Crippen LogP contribution is 2.08. The van der Waals surface area contributed by atoms with Crippen molar-refractivity contribution in [2.45, 2.75) is 19.9 Å². The zero-order valence-corrected chi connectivity index (χ0v) is 6.15. The summed E-state index contributed by atoms with van der Waals surface area (Å²) < 4.78 is 0. The molecule has 0 unspecified atom stereocenters. The van der Waals surface area contributed by atoms with Gasteiger partial charge in [-0.3, -0.25) is 0 Å². The summed E-state index contributed by atoms with van der Waals surface area (Å²) in [4.78, 5) is 2.26. The monoisotopic (exact) mass is 126 g/mol. The van der Waals surface area contributed by atoms with E-state index in [9.17, 15) is 0 Å². The molecule has 0 amide bonds. The average Bonchev–Trinajstić information content (AvgIpc) is 2.13. The predicted molar refractivity (Wildman–Crippen MR) is 39.0 cm³/mol. The minimum absolute atomic E-state index is 0.590. The lowest BCUT2D eigenvalue weighted by molar-refractivity contribution is 0.326. The Balaban J connectivity index is 2.49. The summed E-state index contributed by atoms with van der Waals surface area (Å²) >= 11 is 0. The summed E-state index contributed by atoms with van der Waals surface area (Å²) in [5.74, 6) is 1.07. The third-order valence-corrected chi connectivity index (χ3v) is 1.65. The molecule has 1 rings (SSSR count). The Hall–Kier alpha value is -0.660. The molecule has 0 saturated carbocycles. The van der Waals surface area contributed by atoms with E-state index >= 15 is 0 Å². The van der Waals surface area contributed by atoms with Gasteiger partial charge in [0.2, 0.25) is 0 Å². The van der Waals surface area contributed by atoms with Gasteiger partial charge in [0.05, 0.1) is 5.82 Å². The lowest BCUT2D eigenvalue weighted by Crippen LogP contribution is -2.26. The summed E-state index contributed by atoms with van der Waals surface area (Å²) in [7, 11) is 0. The fourth-order valence-electron chi connectivity index (χ4n) is 1.13. The molecule has 0 spiro atoms. The smallest absolute Gasteiger partial charge is 0.0942 e. The van der Waals surface area contributed by atoms with Gasteiger partial charge < -0.3 is 10.2 Å². The molecular formula is C7H14N2. The van der Waals surface area contributed by atoms with Crippen LogP contribution in [0, 0.1) is 0 Å². The Labute approximate surface area is 56.5 Å². The average molecular weight is 126 g/mol. The van der Waals surface area contributed by atoms with Crippen LogP contribution in [0.15, 0.2) is 12.4 Å². The van der Waals surface area contributed by atoms with Crippen molar-refractivity contribution in [3.05, 3.63) is 12.4 Å². The summed E-state index contributed by atoms with van der Waals surface area (Å²) in [6.07, 6.45) is 0. The Kier molecular flexibility index (Phi) is 1.65. The SMILES string of the molecule is C=C1NCCN1C(C)C. The number of nitrogens with zero attached hydrogens (tertiary/aromatic N) is 1. The van der Waals surface area contributed by atoms with Crippen LogP contribution in [0.2, 0.25) is 0 Å². The van der Waals surface area contributed by atoms with E-state index in [1.165, 1.54) is 0 Å². The Morgan fingerprint density at radius 3 is 2.56 bits per heavy atom. The third kappa shape index (κ3) is 1.18. The maximum Gasteiger partial charge on any atom is 0.0942 e. The van der Waals surface area contributed by atoms with Crippen LogP contribution >= 0.6 is 0 Å². The molecule has 9 heavy (non-hydrogen) atoms. The second kappa shape index (κ2) is 2.29. The Bertz CT molecular complexity index is 118. The molecule has 0 atom stereocenters. The van der Waals surface area contributed by atoms with E-state index in [1.54, 1.807) is 0 Å². The van der Waals surface area contributed by atoms with E-state index in [0.29, 0.717) is 6.04 Å². The van der Waals surface area contributed by atoms with Gasteiger partial charge in [-0.2, -0.15) is 0 Å². The lowest BCUT2D eigenvalue weighted by Gasteiger charge is -2.21. The molecule has 52 valence electrons. The first-order valence-corrected chi connectivity index (χ1v) is 3.41. The molecule has 0 aromatic rings. The topological polar surface area (TPSA) is 15.3 Å². The minimum Gasteiger partial charge on any atom is -0.370 e. The van der Waals surface area contributed by atoms with Crippen molar-refractivity contribution in [1.82, 2.24) is 10.2 Å². The quantitative estimate of drug-likeness (QED) is 0.558. The van der Waals surface area contributed by atoms with Crippen LogP contribution in [0.4, 0.5) is 0 Å². The van der Waals surface area contributed by atoms with Crippen LogP contribution < -0.4 is 5.32 Å². The second-order valence-corrected chi connectivity index (χ2v) is 2.66. The van der Waals surface area contributed by atoms with Crippen LogP contribution in [-0.4, -0.2) is 24.0 Å². The highest BCUT2D eigenvalue weighted by molar-refractivity contribution is 4.98. The van der Waals surface area contributed by atoms with Crippen LogP contribution in [0.1, 0.15) is 13.8 Å².